The predicted octanol–water partition coefficient (Wildman–Crippen LogP) is 2.06. The maximum Gasteiger partial charge on any atom is 0.341 e. The van der Waals surface area contributed by atoms with Crippen molar-refractivity contribution in [1.29, 1.82) is 0 Å². The van der Waals surface area contributed by atoms with Crippen LogP contribution in [0.2, 0.25) is 0 Å². The van der Waals surface area contributed by atoms with Crippen LogP contribution in [0.5, 0.6) is 5.75 Å². The molecule has 1 aromatic carbocycles. The molecule has 0 spiro atoms. The summed E-state index contributed by atoms with van der Waals surface area (Å²) in [5.41, 5.74) is -0.728. The molecule has 1 atom stereocenters. The molecule has 0 saturated heterocycles. The van der Waals surface area contributed by atoms with E-state index in [0.29, 0.717) is 5.75 Å². The Morgan fingerprint density at radius 3 is 2.71 bits per heavy atom. The molecular weight excluding hydrogens is 288 g/mol. The fourth-order valence-electron chi connectivity index (χ4n) is 1.27. The average molecular weight is 303 g/mol. The molecule has 1 unspecified atom stereocenters. The summed E-state index contributed by atoms with van der Waals surface area (Å²) in [5.74, 6) is -0.0929. The van der Waals surface area contributed by atoms with Gasteiger partial charge in [0.2, 0.25) is 0 Å². The number of carbonyl (C=O) groups is 1. The molecule has 0 amide bonds. The lowest BCUT2D eigenvalue weighted by Crippen LogP contribution is -2.42. The number of methoxy groups -OCH3 is 1. The van der Waals surface area contributed by atoms with E-state index in [-0.39, 0.29) is 6.61 Å². The number of hydrogen-bond donors (Lipinski definition) is 1. The zero-order valence-corrected chi connectivity index (χ0v) is 11.6. The molecule has 0 radical (unpaired) electrons. The number of rotatable bonds is 4. The molecule has 0 saturated carbocycles. The molecule has 0 heterocycles. The number of aliphatic hydroxyl groups is 1. The highest BCUT2D eigenvalue weighted by Gasteiger charge is 2.32. The summed E-state index contributed by atoms with van der Waals surface area (Å²) in [7, 11) is 1.22. The molecule has 17 heavy (non-hydrogen) atoms. The maximum absolute atomic E-state index is 11.2. The summed E-state index contributed by atoms with van der Waals surface area (Å²) in [6, 6.07) is 5.49. The van der Waals surface area contributed by atoms with Gasteiger partial charge in [-0.1, -0.05) is 15.9 Å². The van der Waals surface area contributed by atoms with Gasteiger partial charge in [0.05, 0.1) is 7.11 Å². The van der Waals surface area contributed by atoms with Crippen LogP contribution in [0.15, 0.2) is 22.7 Å². The molecule has 0 bridgehead atoms. The Kier molecular flexibility index (Phi) is 4.54. The first-order chi connectivity index (χ1) is 7.86. The van der Waals surface area contributed by atoms with E-state index in [1.807, 2.05) is 19.1 Å². The van der Waals surface area contributed by atoms with Gasteiger partial charge in [-0.3, -0.25) is 0 Å². The first kappa shape index (κ1) is 14.0. The van der Waals surface area contributed by atoms with E-state index in [1.54, 1.807) is 6.07 Å². The number of esters is 1. The molecule has 4 nitrogen and oxygen atoms in total. The SMILES string of the molecule is COC(=O)C(C)(O)COc1ccc(Br)cc1C. The van der Waals surface area contributed by atoms with Crippen LogP contribution in [-0.4, -0.2) is 30.4 Å². The lowest BCUT2D eigenvalue weighted by atomic mass is 10.1. The third-order valence-corrected chi connectivity index (χ3v) is 2.76. The molecule has 5 heteroatoms. The van der Waals surface area contributed by atoms with Crippen molar-refractivity contribution in [3.63, 3.8) is 0 Å². The summed E-state index contributed by atoms with van der Waals surface area (Å²) in [4.78, 5) is 11.2. The molecule has 0 fully saturated rings. The predicted molar refractivity (Wildman–Crippen MR) is 67.0 cm³/mol. The number of aryl methyl sites for hydroxylation is 1. The van der Waals surface area contributed by atoms with Gasteiger partial charge >= 0.3 is 5.97 Å². The molecule has 0 aliphatic heterocycles. The van der Waals surface area contributed by atoms with Crippen molar-refractivity contribution >= 4 is 21.9 Å². The molecule has 0 aromatic heterocycles. The van der Waals surface area contributed by atoms with Gasteiger partial charge in [0.15, 0.2) is 5.60 Å². The molecule has 94 valence electrons. The Balaban J connectivity index is 2.70. The lowest BCUT2D eigenvalue weighted by molar-refractivity contribution is -0.163. The fraction of sp³-hybridized carbons (Fsp3) is 0.417. The second-order valence-corrected chi connectivity index (χ2v) is 4.88. The van der Waals surface area contributed by atoms with E-state index >= 15 is 0 Å². The Labute approximate surface area is 109 Å². The highest BCUT2D eigenvalue weighted by Crippen LogP contribution is 2.23. The minimum Gasteiger partial charge on any atom is -0.490 e. The third kappa shape index (κ3) is 3.71. The highest BCUT2D eigenvalue weighted by atomic mass is 79.9. The minimum absolute atomic E-state index is 0.151. The van der Waals surface area contributed by atoms with Crippen molar-refractivity contribution in [3.8, 4) is 5.75 Å². The summed E-state index contributed by atoms with van der Waals surface area (Å²) in [6.45, 7) is 3.09. The molecule has 0 aliphatic carbocycles. The highest BCUT2D eigenvalue weighted by molar-refractivity contribution is 9.10. The second kappa shape index (κ2) is 5.51. The van der Waals surface area contributed by atoms with Gasteiger partial charge in [0.25, 0.3) is 0 Å². The molecule has 1 aromatic rings. The molecular formula is C12H15BrO4. The van der Waals surface area contributed by atoms with Crippen molar-refractivity contribution in [3.05, 3.63) is 28.2 Å². The van der Waals surface area contributed by atoms with Crippen LogP contribution >= 0.6 is 15.9 Å². The van der Waals surface area contributed by atoms with E-state index in [0.717, 1.165) is 10.0 Å². The van der Waals surface area contributed by atoms with E-state index in [9.17, 15) is 9.90 Å². The van der Waals surface area contributed by atoms with Crippen molar-refractivity contribution in [2.24, 2.45) is 0 Å². The average Bonchev–Trinajstić information content (AvgIpc) is 2.26. The molecule has 1 rings (SSSR count). The summed E-state index contributed by atoms with van der Waals surface area (Å²) in [5, 5.41) is 9.78. The summed E-state index contributed by atoms with van der Waals surface area (Å²) in [6.07, 6.45) is 0. The normalized spacial score (nSPS) is 13.9. The lowest BCUT2D eigenvalue weighted by Gasteiger charge is -2.21. The van der Waals surface area contributed by atoms with Gasteiger partial charge in [-0.15, -0.1) is 0 Å². The Hall–Kier alpha value is -1.07. The monoisotopic (exact) mass is 302 g/mol. The quantitative estimate of drug-likeness (QED) is 0.865. The van der Waals surface area contributed by atoms with Crippen molar-refractivity contribution < 1.29 is 19.4 Å². The van der Waals surface area contributed by atoms with Crippen molar-refractivity contribution in [1.82, 2.24) is 0 Å². The Bertz CT molecular complexity index is 415. The minimum atomic E-state index is -1.64. The van der Waals surface area contributed by atoms with Crippen LogP contribution in [0.4, 0.5) is 0 Å². The largest absolute Gasteiger partial charge is 0.490 e. The Morgan fingerprint density at radius 1 is 1.53 bits per heavy atom. The van der Waals surface area contributed by atoms with Crippen LogP contribution in [0.3, 0.4) is 0 Å². The molecule has 1 N–H and O–H groups in total. The van der Waals surface area contributed by atoms with Gasteiger partial charge in [0.1, 0.15) is 12.4 Å². The van der Waals surface area contributed by atoms with Gasteiger partial charge in [-0.25, -0.2) is 4.79 Å². The maximum atomic E-state index is 11.2. The van der Waals surface area contributed by atoms with Crippen LogP contribution in [0, 0.1) is 6.92 Å². The zero-order chi connectivity index (χ0) is 13.1. The van der Waals surface area contributed by atoms with Gasteiger partial charge in [-0.05, 0) is 37.6 Å². The van der Waals surface area contributed by atoms with E-state index in [4.69, 9.17) is 4.74 Å². The number of carbonyl (C=O) groups excluding carboxylic acids is 1. The fourth-order valence-corrected chi connectivity index (χ4v) is 1.75. The van der Waals surface area contributed by atoms with Crippen LogP contribution in [0.1, 0.15) is 12.5 Å². The van der Waals surface area contributed by atoms with E-state index in [2.05, 4.69) is 20.7 Å². The third-order valence-electron chi connectivity index (χ3n) is 2.27. The van der Waals surface area contributed by atoms with Gasteiger partial charge in [-0.2, -0.15) is 0 Å². The molecule has 0 aliphatic rings. The topological polar surface area (TPSA) is 55.8 Å². The van der Waals surface area contributed by atoms with Crippen LogP contribution in [-0.2, 0) is 9.53 Å². The van der Waals surface area contributed by atoms with Crippen LogP contribution in [0.25, 0.3) is 0 Å². The second-order valence-electron chi connectivity index (χ2n) is 3.96. The first-order valence-electron chi connectivity index (χ1n) is 5.06. The standard InChI is InChI=1S/C12H15BrO4/c1-8-6-9(13)4-5-10(8)17-7-12(2,15)11(14)16-3/h4-6,15H,7H2,1-3H3. The first-order valence-corrected chi connectivity index (χ1v) is 5.86. The smallest absolute Gasteiger partial charge is 0.341 e. The van der Waals surface area contributed by atoms with Crippen molar-refractivity contribution in [2.75, 3.05) is 13.7 Å². The van der Waals surface area contributed by atoms with Gasteiger partial charge < -0.3 is 14.6 Å². The van der Waals surface area contributed by atoms with Gasteiger partial charge in [0, 0.05) is 4.47 Å². The number of hydrogen-bond acceptors (Lipinski definition) is 4. The Morgan fingerprint density at radius 2 is 2.18 bits per heavy atom. The summed E-state index contributed by atoms with van der Waals surface area (Å²) < 4.78 is 10.8. The zero-order valence-electron chi connectivity index (χ0n) is 9.99. The van der Waals surface area contributed by atoms with Crippen LogP contribution < -0.4 is 4.74 Å². The van der Waals surface area contributed by atoms with E-state index < -0.39 is 11.6 Å². The van der Waals surface area contributed by atoms with Crippen molar-refractivity contribution in [2.45, 2.75) is 19.4 Å². The number of ether oxygens (including phenoxy) is 2. The number of benzene rings is 1. The summed E-state index contributed by atoms with van der Waals surface area (Å²) >= 11 is 3.34. The van der Waals surface area contributed by atoms with E-state index in [1.165, 1.54) is 14.0 Å². The number of halogens is 1.